The molecule has 0 amide bonds. The minimum atomic E-state index is -0.881. The lowest BCUT2D eigenvalue weighted by molar-refractivity contribution is 0.0381. The number of anilines is 1. The van der Waals surface area contributed by atoms with Crippen LogP contribution in [0, 0.1) is 11.3 Å². The van der Waals surface area contributed by atoms with Gasteiger partial charge in [-0.15, -0.1) is 0 Å². The molecule has 0 aromatic carbocycles. The standard InChI is InChI=1S/C11H12ClN3O2/c12-9-8(5-13)1-3-14-10(9)15-6-11(16)2-4-17-7-11/h1,3,16H,2,4,6-7H2,(H,14,15). The molecule has 2 N–H and O–H groups in total. The third kappa shape index (κ3) is 2.67. The van der Waals surface area contributed by atoms with Gasteiger partial charge in [0.25, 0.3) is 0 Å². The maximum Gasteiger partial charge on any atom is 0.146 e. The summed E-state index contributed by atoms with van der Waals surface area (Å²) in [4.78, 5) is 4.03. The van der Waals surface area contributed by atoms with Gasteiger partial charge in [-0.05, 0) is 6.07 Å². The Bertz CT molecular complexity index is 453. The van der Waals surface area contributed by atoms with Gasteiger partial charge in [-0.1, -0.05) is 11.6 Å². The van der Waals surface area contributed by atoms with Crippen LogP contribution >= 0.6 is 11.6 Å². The van der Waals surface area contributed by atoms with Crippen LogP contribution in [0.15, 0.2) is 12.3 Å². The molecular weight excluding hydrogens is 242 g/mol. The van der Waals surface area contributed by atoms with Crippen molar-refractivity contribution in [1.29, 1.82) is 5.26 Å². The molecule has 1 aromatic heterocycles. The van der Waals surface area contributed by atoms with E-state index in [1.165, 1.54) is 6.20 Å². The average molecular weight is 254 g/mol. The molecule has 2 heterocycles. The second-order valence-electron chi connectivity index (χ2n) is 4.01. The Morgan fingerprint density at radius 2 is 2.53 bits per heavy atom. The number of hydrogen-bond acceptors (Lipinski definition) is 5. The van der Waals surface area contributed by atoms with Gasteiger partial charge in [-0.3, -0.25) is 0 Å². The highest BCUT2D eigenvalue weighted by molar-refractivity contribution is 6.34. The third-order valence-electron chi connectivity index (χ3n) is 2.68. The molecule has 1 unspecified atom stereocenters. The Morgan fingerprint density at radius 3 is 3.18 bits per heavy atom. The van der Waals surface area contributed by atoms with Crippen LogP contribution < -0.4 is 5.32 Å². The van der Waals surface area contributed by atoms with E-state index < -0.39 is 5.60 Å². The topological polar surface area (TPSA) is 78.2 Å². The summed E-state index contributed by atoms with van der Waals surface area (Å²) in [5, 5.41) is 22.1. The third-order valence-corrected chi connectivity index (χ3v) is 3.06. The molecule has 17 heavy (non-hydrogen) atoms. The van der Waals surface area contributed by atoms with Gasteiger partial charge in [0.1, 0.15) is 22.5 Å². The smallest absolute Gasteiger partial charge is 0.146 e. The summed E-state index contributed by atoms with van der Waals surface area (Å²) in [6, 6.07) is 3.52. The van der Waals surface area contributed by atoms with Gasteiger partial charge in [-0.25, -0.2) is 4.98 Å². The molecule has 0 aliphatic carbocycles. The van der Waals surface area contributed by atoms with Gasteiger partial charge in [0.2, 0.25) is 0 Å². The molecule has 0 radical (unpaired) electrons. The fourth-order valence-electron chi connectivity index (χ4n) is 1.64. The fourth-order valence-corrected chi connectivity index (χ4v) is 1.86. The molecule has 1 saturated heterocycles. The van der Waals surface area contributed by atoms with E-state index in [1.54, 1.807) is 6.07 Å². The van der Waals surface area contributed by atoms with Crippen molar-refractivity contribution in [2.75, 3.05) is 25.1 Å². The normalized spacial score (nSPS) is 23.4. The number of ether oxygens (including phenoxy) is 1. The van der Waals surface area contributed by atoms with E-state index >= 15 is 0 Å². The molecule has 90 valence electrons. The first kappa shape index (κ1) is 12.1. The van der Waals surface area contributed by atoms with Crippen LogP contribution in [0.2, 0.25) is 5.02 Å². The Labute approximate surface area is 104 Å². The lowest BCUT2D eigenvalue weighted by atomic mass is 10.0. The van der Waals surface area contributed by atoms with Crippen LogP contribution in [0.25, 0.3) is 0 Å². The molecular formula is C11H12ClN3O2. The molecule has 1 aliphatic heterocycles. The van der Waals surface area contributed by atoms with E-state index in [1.807, 2.05) is 6.07 Å². The number of nitriles is 1. The van der Waals surface area contributed by atoms with E-state index in [2.05, 4.69) is 10.3 Å². The molecule has 6 heteroatoms. The SMILES string of the molecule is N#Cc1ccnc(NCC2(O)CCOC2)c1Cl. The van der Waals surface area contributed by atoms with E-state index in [0.29, 0.717) is 37.6 Å². The first-order chi connectivity index (χ1) is 8.14. The number of pyridine rings is 1. The van der Waals surface area contributed by atoms with Crippen molar-refractivity contribution < 1.29 is 9.84 Å². The lowest BCUT2D eigenvalue weighted by Gasteiger charge is -2.21. The number of nitrogens with one attached hydrogen (secondary N) is 1. The van der Waals surface area contributed by atoms with Gasteiger partial charge in [0.05, 0.1) is 12.2 Å². The largest absolute Gasteiger partial charge is 0.386 e. The van der Waals surface area contributed by atoms with Gasteiger partial charge in [-0.2, -0.15) is 5.26 Å². The second-order valence-corrected chi connectivity index (χ2v) is 4.39. The van der Waals surface area contributed by atoms with Gasteiger partial charge in [0, 0.05) is 25.8 Å². The molecule has 1 fully saturated rings. The quantitative estimate of drug-likeness (QED) is 0.846. The molecule has 0 bridgehead atoms. The zero-order valence-electron chi connectivity index (χ0n) is 9.11. The number of nitrogens with zero attached hydrogens (tertiary/aromatic N) is 2. The second kappa shape index (κ2) is 4.88. The van der Waals surface area contributed by atoms with Gasteiger partial charge < -0.3 is 15.2 Å². The van der Waals surface area contributed by atoms with Crippen LogP contribution in [-0.2, 0) is 4.74 Å². The summed E-state index contributed by atoms with van der Waals surface area (Å²) in [6.07, 6.45) is 2.08. The Morgan fingerprint density at radius 1 is 1.71 bits per heavy atom. The number of halogens is 1. The molecule has 2 rings (SSSR count). The minimum Gasteiger partial charge on any atom is -0.386 e. The van der Waals surface area contributed by atoms with Crippen LogP contribution in [0.1, 0.15) is 12.0 Å². The predicted molar refractivity (Wildman–Crippen MR) is 62.8 cm³/mol. The van der Waals surface area contributed by atoms with E-state index in [4.69, 9.17) is 21.6 Å². The van der Waals surface area contributed by atoms with Crippen molar-refractivity contribution in [1.82, 2.24) is 4.98 Å². The summed E-state index contributed by atoms with van der Waals surface area (Å²) in [7, 11) is 0. The van der Waals surface area contributed by atoms with E-state index in [-0.39, 0.29) is 5.02 Å². The zero-order valence-corrected chi connectivity index (χ0v) is 9.87. The highest BCUT2D eigenvalue weighted by atomic mass is 35.5. The van der Waals surface area contributed by atoms with Gasteiger partial charge >= 0.3 is 0 Å². The lowest BCUT2D eigenvalue weighted by Crippen LogP contribution is -2.37. The number of rotatable bonds is 3. The first-order valence-corrected chi connectivity index (χ1v) is 5.61. The fraction of sp³-hybridized carbons (Fsp3) is 0.455. The molecule has 1 atom stereocenters. The molecule has 1 aromatic rings. The summed E-state index contributed by atoms with van der Waals surface area (Å²) >= 11 is 5.98. The van der Waals surface area contributed by atoms with Crippen LogP contribution in [0.5, 0.6) is 0 Å². The van der Waals surface area contributed by atoms with Crippen LogP contribution in [0.4, 0.5) is 5.82 Å². The van der Waals surface area contributed by atoms with Crippen molar-refractivity contribution >= 4 is 17.4 Å². The van der Waals surface area contributed by atoms with E-state index in [9.17, 15) is 5.11 Å². The van der Waals surface area contributed by atoms with Crippen molar-refractivity contribution in [3.63, 3.8) is 0 Å². The highest BCUT2D eigenvalue weighted by Gasteiger charge is 2.32. The minimum absolute atomic E-state index is 0.275. The maximum atomic E-state index is 10.0. The summed E-state index contributed by atoms with van der Waals surface area (Å²) in [5.41, 5.74) is -0.521. The summed E-state index contributed by atoms with van der Waals surface area (Å²) in [5.74, 6) is 0.408. The Hall–Kier alpha value is -1.35. The van der Waals surface area contributed by atoms with Crippen LogP contribution in [0.3, 0.4) is 0 Å². The molecule has 0 saturated carbocycles. The van der Waals surface area contributed by atoms with Crippen molar-refractivity contribution in [3.8, 4) is 6.07 Å². The first-order valence-electron chi connectivity index (χ1n) is 5.23. The van der Waals surface area contributed by atoms with Crippen molar-refractivity contribution in [2.24, 2.45) is 0 Å². The number of aliphatic hydroxyl groups is 1. The summed E-state index contributed by atoms with van der Waals surface area (Å²) < 4.78 is 5.13. The maximum absolute atomic E-state index is 10.0. The predicted octanol–water partition coefficient (Wildman–Crippen LogP) is 1.17. The van der Waals surface area contributed by atoms with Crippen LogP contribution in [-0.4, -0.2) is 35.5 Å². The van der Waals surface area contributed by atoms with Gasteiger partial charge in [0.15, 0.2) is 0 Å². The Kier molecular flexibility index (Phi) is 3.48. The monoisotopic (exact) mass is 253 g/mol. The summed E-state index contributed by atoms with van der Waals surface area (Å²) in [6.45, 7) is 1.15. The highest BCUT2D eigenvalue weighted by Crippen LogP contribution is 2.24. The molecule has 5 nitrogen and oxygen atoms in total. The molecule has 1 aliphatic rings. The number of hydrogen-bond donors (Lipinski definition) is 2. The van der Waals surface area contributed by atoms with Crippen molar-refractivity contribution in [2.45, 2.75) is 12.0 Å². The zero-order chi connectivity index (χ0) is 12.3. The van der Waals surface area contributed by atoms with E-state index in [0.717, 1.165) is 0 Å². The molecule has 0 spiro atoms. The van der Waals surface area contributed by atoms with Crippen molar-refractivity contribution in [3.05, 3.63) is 22.8 Å². The number of aromatic nitrogens is 1. The Balaban J connectivity index is 2.07. The average Bonchev–Trinajstić information content (AvgIpc) is 2.75.